The number of hydrogen-bond acceptors (Lipinski definition) is 0. The third-order valence-electron chi connectivity index (χ3n) is 2.76. The summed E-state index contributed by atoms with van der Waals surface area (Å²) in [4.78, 5) is 0. The summed E-state index contributed by atoms with van der Waals surface area (Å²) in [6.07, 6.45) is 6.00. The molecule has 0 N–H and O–H groups in total. The summed E-state index contributed by atoms with van der Waals surface area (Å²) in [6, 6.07) is 8.74. The van der Waals surface area contributed by atoms with Crippen LogP contribution in [0.25, 0.3) is 6.08 Å². The van der Waals surface area contributed by atoms with E-state index in [1.54, 1.807) is 5.56 Å². The zero-order valence-electron chi connectivity index (χ0n) is 12.3. The SMILES string of the molecule is C1=CC2CC2c2ccccc21.CC.CC.CC. The topological polar surface area (TPSA) is 0 Å². The lowest BCUT2D eigenvalue weighted by atomic mass is 9.98. The maximum Gasteiger partial charge on any atom is -0.00869 e. The van der Waals surface area contributed by atoms with Crippen molar-refractivity contribution in [2.45, 2.75) is 53.9 Å². The fourth-order valence-electron chi connectivity index (χ4n) is 2.01. The molecular weight excluding hydrogens is 204 g/mol. The minimum Gasteiger partial charge on any atom is -0.0802 e. The molecule has 2 unspecified atom stereocenters. The molecule has 0 aromatic heterocycles. The predicted molar refractivity (Wildman–Crippen MR) is 80.4 cm³/mol. The Morgan fingerprint density at radius 2 is 1.47 bits per heavy atom. The Kier molecular flexibility index (Phi) is 8.49. The summed E-state index contributed by atoms with van der Waals surface area (Å²) in [5.74, 6) is 1.75. The summed E-state index contributed by atoms with van der Waals surface area (Å²) in [5, 5.41) is 0. The maximum absolute atomic E-state index is 2.35. The van der Waals surface area contributed by atoms with Crippen LogP contribution in [0.5, 0.6) is 0 Å². The van der Waals surface area contributed by atoms with Gasteiger partial charge in [-0.1, -0.05) is 78.0 Å². The largest absolute Gasteiger partial charge is 0.0802 e. The first-order valence-corrected chi connectivity index (χ1v) is 7.22. The summed E-state index contributed by atoms with van der Waals surface area (Å²) >= 11 is 0. The molecule has 96 valence electrons. The number of allylic oxidation sites excluding steroid dienone is 1. The number of fused-ring (bicyclic) bond motifs is 3. The third kappa shape index (κ3) is 4.03. The second kappa shape index (κ2) is 9.04. The van der Waals surface area contributed by atoms with Crippen LogP contribution in [0, 0.1) is 5.92 Å². The van der Waals surface area contributed by atoms with Crippen LogP contribution in [-0.2, 0) is 0 Å². The Balaban J connectivity index is 0.000000379. The summed E-state index contributed by atoms with van der Waals surface area (Å²) in [6.45, 7) is 12.0. The molecule has 0 heterocycles. The molecule has 2 aliphatic carbocycles. The molecular formula is C17H28. The second-order valence-electron chi connectivity index (χ2n) is 3.49. The van der Waals surface area contributed by atoms with Gasteiger partial charge in [0.1, 0.15) is 0 Å². The van der Waals surface area contributed by atoms with Gasteiger partial charge in [0.15, 0.2) is 0 Å². The lowest BCUT2D eigenvalue weighted by Gasteiger charge is -2.07. The van der Waals surface area contributed by atoms with Gasteiger partial charge in [0.05, 0.1) is 0 Å². The smallest absolute Gasteiger partial charge is 0.00869 e. The first-order valence-electron chi connectivity index (χ1n) is 7.22. The lowest BCUT2D eigenvalue weighted by molar-refractivity contribution is 0.996. The molecule has 0 radical (unpaired) electrons. The van der Waals surface area contributed by atoms with Crippen molar-refractivity contribution in [3.63, 3.8) is 0 Å². The highest BCUT2D eigenvalue weighted by Crippen LogP contribution is 2.52. The van der Waals surface area contributed by atoms with Crippen LogP contribution in [0.4, 0.5) is 0 Å². The molecule has 3 rings (SSSR count). The monoisotopic (exact) mass is 232 g/mol. The highest BCUT2D eigenvalue weighted by Gasteiger charge is 2.38. The van der Waals surface area contributed by atoms with Gasteiger partial charge in [-0.3, -0.25) is 0 Å². The second-order valence-corrected chi connectivity index (χ2v) is 3.49. The highest BCUT2D eigenvalue weighted by atomic mass is 14.4. The van der Waals surface area contributed by atoms with Crippen molar-refractivity contribution in [2.75, 3.05) is 0 Å². The zero-order valence-corrected chi connectivity index (χ0v) is 12.3. The molecule has 1 aromatic carbocycles. The maximum atomic E-state index is 2.35. The molecule has 0 heteroatoms. The van der Waals surface area contributed by atoms with Crippen LogP contribution >= 0.6 is 0 Å². The molecule has 17 heavy (non-hydrogen) atoms. The quantitative estimate of drug-likeness (QED) is 0.522. The Hall–Kier alpha value is -1.04. The number of hydrogen-bond donors (Lipinski definition) is 0. The van der Waals surface area contributed by atoms with E-state index in [1.807, 2.05) is 41.5 Å². The van der Waals surface area contributed by atoms with Gasteiger partial charge in [-0.2, -0.15) is 0 Å². The van der Waals surface area contributed by atoms with E-state index >= 15 is 0 Å². The molecule has 0 spiro atoms. The Bertz CT molecular complexity index is 323. The van der Waals surface area contributed by atoms with E-state index in [-0.39, 0.29) is 0 Å². The molecule has 2 atom stereocenters. The Labute approximate surface area is 108 Å². The van der Waals surface area contributed by atoms with Crippen molar-refractivity contribution < 1.29 is 0 Å². The molecule has 1 saturated carbocycles. The van der Waals surface area contributed by atoms with E-state index < -0.39 is 0 Å². The molecule has 0 amide bonds. The van der Waals surface area contributed by atoms with Gasteiger partial charge in [-0.05, 0) is 29.4 Å². The molecule has 1 fully saturated rings. The molecule has 0 aliphatic heterocycles. The van der Waals surface area contributed by atoms with Gasteiger partial charge in [-0.25, -0.2) is 0 Å². The molecule has 0 nitrogen and oxygen atoms in total. The molecule has 0 bridgehead atoms. The van der Waals surface area contributed by atoms with Crippen molar-refractivity contribution in [3.8, 4) is 0 Å². The molecule has 1 aromatic rings. The summed E-state index contributed by atoms with van der Waals surface area (Å²) in [5.41, 5.74) is 3.01. The number of rotatable bonds is 0. The van der Waals surface area contributed by atoms with Gasteiger partial charge in [0.25, 0.3) is 0 Å². The number of benzene rings is 1. The van der Waals surface area contributed by atoms with Crippen molar-refractivity contribution in [1.82, 2.24) is 0 Å². The van der Waals surface area contributed by atoms with E-state index in [0.29, 0.717) is 0 Å². The first-order chi connectivity index (χ1) is 8.45. The minimum absolute atomic E-state index is 0.871. The Morgan fingerprint density at radius 1 is 0.882 bits per heavy atom. The fraction of sp³-hybridized carbons (Fsp3) is 0.529. The summed E-state index contributed by atoms with van der Waals surface area (Å²) in [7, 11) is 0. The average molecular weight is 232 g/mol. The normalized spacial score (nSPS) is 21.1. The van der Waals surface area contributed by atoms with E-state index in [4.69, 9.17) is 0 Å². The van der Waals surface area contributed by atoms with Crippen molar-refractivity contribution in [3.05, 3.63) is 41.5 Å². The van der Waals surface area contributed by atoms with Gasteiger partial charge in [0, 0.05) is 0 Å². The third-order valence-corrected chi connectivity index (χ3v) is 2.76. The van der Waals surface area contributed by atoms with Crippen LogP contribution in [0.2, 0.25) is 0 Å². The van der Waals surface area contributed by atoms with Gasteiger partial charge in [-0.15, -0.1) is 0 Å². The molecule has 2 aliphatic rings. The van der Waals surface area contributed by atoms with Crippen molar-refractivity contribution in [2.24, 2.45) is 5.92 Å². The van der Waals surface area contributed by atoms with Crippen LogP contribution < -0.4 is 0 Å². The van der Waals surface area contributed by atoms with Gasteiger partial charge >= 0.3 is 0 Å². The fourth-order valence-corrected chi connectivity index (χ4v) is 2.01. The zero-order chi connectivity index (χ0) is 13.3. The highest BCUT2D eigenvalue weighted by molar-refractivity contribution is 5.60. The van der Waals surface area contributed by atoms with E-state index in [9.17, 15) is 0 Å². The van der Waals surface area contributed by atoms with Gasteiger partial charge < -0.3 is 0 Å². The predicted octanol–water partition coefficient (Wildman–Crippen LogP) is 5.90. The van der Waals surface area contributed by atoms with Crippen LogP contribution in [0.3, 0.4) is 0 Å². The van der Waals surface area contributed by atoms with E-state index in [2.05, 4.69) is 36.4 Å². The van der Waals surface area contributed by atoms with Crippen LogP contribution in [0.15, 0.2) is 30.3 Å². The van der Waals surface area contributed by atoms with Gasteiger partial charge in [0.2, 0.25) is 0 Å². The van der Waals surface area contributed by atoms with E-state index in [1.165, 1.54) is 12.0 Å². The average Bonchev–Trinajstić information content (AvgIpc) is 3.25. The lowest BCUT2D eigenvalue weighted by Crippen LogP contribution is -1.90. The summed E-state index contributed by atoms with van der Waals surface area (Å²) < 4.78 is 0. The molecule has 0 saturated heterocycles. The standard InChI is InChI=1S/C11H10.3C2H6/c1-2-4-10-8(3-1)5-6-9-7-11(9)10;3*1-2/h1-6,9,11H,7H2;3*1-2H3. The van der Waals surface area contributed by atoms with Crippen molar-refractivity contribution >= 4 is 6.08 Å². The minimum atomic E-state index is 0.871. The Morgan fingerprint density at radius 3 is 2.12 bits per heavy atom. The van der Waals surface area contributed by atoms with Crippen LogP contribution in [0.1, 0.15) is 65.0 Å². The van der Waals surface area contributed by atoms with E-state index in [0.717, 1.165) is 11.8 Å². The van der Waals surface area contributed by atoms with Crippen molar-refractivity contribution in [1.29, 1.82) is 0 Å². The van der Waals surface area contributed by atoms with Crippen LogP contribution in [-0.4, -0.2) is 0 Å². The first kappa shape index (κ1) is 16.0.